The van der Waals surface area contributed by atoms with Gasteiger partial charge in [-0.25, -0.2) is 4.98 Å². The Morgan fingerprint density at radius 3 is 2.12 bits per heavy atom. The second kappa shape index (κ2) is 6.54. The van der Waals surface area contributed by atoms with Crippen molar-refractivity contribution in [1.82, 2.24) is 9.55 Å². The van der Waals surface area contributed by atoms with Gasteiger partial charge in [0.15, 0.2) is 6.61 Å². The molecule has 26 heavy (non-hydrogen) atoms. The molecule has 0 spiro atoms. The zero-order valence-corrected chi connectivity index (χ0v) is 13.1. The lowest BCUT2D eigenvalue weighted by Crippen LogP contribution is -2.21. The number of hydrogen-bond donors (Lipinski definition) is 0. The van der Waals surface area contributed by atoms with Crippen molar-refractivity contribution in [2.24, 2.45) is 0 Å². The van der Waals surface area contributed by atoms with Gasteiger partial charge in [0, 0.05) is 25.1 Å². The molecule has 3 aromatic rings. The molecule has 138 valence electrons. The number of fused-ring (bicyclic) bond motifs is 1. The summed E-state index contributed by atoms with van der Waals surface area (Å²) >= 11 is 0. The first-order valence-electron chi connectivity index (χ1n) is 7.42. The van der Waals surface area contributed by atoms with E-state index < -0.39 is 30.4 Å². The van der Waals surface area contributed by atoms with Crippen molar-refractivity contribution in [2.45, 2.75) is 18.9 Å². The fraction of sp³-hybridized carbons (Fsp3) is 0.235. The number of aromatic nitrogens is 2. The number of pyridine rings is 1. The van der Waals surface area contributed by atoms with Crippen LogP contribution in [0.1, 0.15) is 11.1 Å². The minimum atomic E-state index is -4.88. The molecule has 9 heteroatoms. The summed E-state index contributed by atoms with van der Waals surface area (Å²) < 4.78 is 81.9. The molecule has 0 aliphatic heterocycles. The van der Waals surface area contributed by atoms with Crippen molar-refractivity contribution in [2.75, 3.05) is 6.61 Å². The van der Waals surface area contributed by atoms with Crippen molar-refractivity contribution < 1.29 is 31.1 Å². The second-order valence-corrected chi connectivity index (χ2v) is 5.66. The average molecular weight is 374 g/mol. The maximum Gasteiger partial charge on any atom is 0.422 e. The van der Waals surface area contributed by atoms with E-state index >= 15 is 0 Å². The van der Waals surface area contributed by atoms with Crippen LogP contribution in [0.4, 0.5) is 26.3 Å². The van der Waals surface area contributed by atoms with E-state index in [1.54, 1.807) is 17.0 Å². The van der Waals surface area contributed by atoms with E-state index in [1.807, 2.05) is 24.3 Å². The van der Waals surface area contributed by atoms with Gasteiger partial charge in [0.1, 0.15) is 5.56 Å². The molecule has 0 unspecified atom stereocenters. The van der Waals surface area contributed by atoms with Gasteiger partial charge in [-0.15, -0.1) is 0 Å². The zero-order chi connectivity index (χ0) is 18.9. The molecule has 0 saturated heterocycles. The van der Waals surface area contributed by atoms with Crippen molar-refractivity contribution in [3.05, 3.63) is 60.0 Å². The van der Waals surface area contributed by atoms with Crippen molar-refractivity contribution in [3.63, 3.8) is 0 Å². The molecule has 2 aromatic heterocycles. The summed E-state index contributed by atoms with van der Waals surface area (Å²) in [5, 5.41) is 1.84. The van der Waals surface area contributed by atoms with Crippen LogP contribution in [0.3, 0.4) is 0 Å². The van der Waals surface area contributed by atoms with Crippen LogP contribution < -0.4 is 4.74 Å². The van der Waals surface area contributed by atoms with Gasteiger partial charge in [-0.2, -0.15) is 26.3 Å². The minimum absolute atomic E-state index is 0.0876. The number of ether oxygens (including phenoxy) is 1. The number of hydrogen-bond acceptors (Lipinski definition) is 2. The third-order valence-electron chi connectivity index (χ3n) is 3.56. The Morgan fingerprint density at radius 1 is 0.962 bits per heavy atom. The largest absolute Gasteiger partial charge is 0.468 e. The summed E-state index contributed by atoms with van der Waals surface area (Å²) in [4.78, 5) is 3.44. The number of alkyl halides is 6. The Balaban J connectivity index is 1.88. The number of nitrogens with zero attached hydrogens (tertiary/aromatic N) is 2. The fourth-order valence-electron chi connectivity index (χ4n) is 2.49. The topological polar surface area (TPSA) is 27.1 Å². The molecule has 0 amide bonds. The number of benzene rings is 1. The Kier molecular flexibility index (Phi) is 4.55. The average Bonchev–Trinajstić information content (AvgIpc) is 2.94. The SMILES string of the molecule is FC(F)(F)COc1ncc(Cn2cc3ccccc3c2)cc1C(F)(F)F. The van der Waals surface area contributed by atoms with Crippen molar-refractivity contribution in [1.29, 1.82) is 0 Å². The van der Waals surface area contributed by atoms with Gasteiger partial charge in [-0.1, -0.05) is 24.3 Å². The van der Waals surface area contributed by atoms with Crippen LogP contribution in [0.2, 0.25) is 0 Å². The molecule has 0 radical (unpaired) electrons. The maximum atomic E-state index is 13.1. The van der Waals surface area contributed by atoms with Gasteiger partial charge in [-0.05, 0) is 22.4 Å². The number of halogens is 6. The molecule has 3 rings (SSSR count). The first kappa shape index (κ1) is 18.1. The lowest BCUT2D eigenvalue weighted by molar-refractivity contribution is -0.159. The summed E-state index contributed by atoms with van der Waals surface area (Å²) in [6, 6.07) is 8.15. The minimum Gasteiger partial charge on any atom is -0.468 e. The van der Waals surface area contributed by atoms with E-state index in [-0.39, 0.29) is 12.1 Å². The fourth-order valence-corrected chi connectivity index (χ4v) is 2.49. The second-order valence-electron chi connectivity index (χ2n) is 5.66. The summed E-state index contributed by atoms with van der Waals surface area (Å²) in [5.74, 6) is -1.09. The van der Waals surface area contributed by atoms with E-state index in [1.165, 1.54) is 0 Å². The Labute approximate surface area is 143 Å². The first-order valence-corrected chi connectivity index (χ1v) is 7.42. The smallest absolute Gasteiger partial charge is 0.422 e. The Hall–Kier alpha value is -2.71. The van der Waals surface area contributed by atoms with E-state index in [9.17, 15) is 26.3 Å². The first-order chi connectivity index (χ1) is 12.1. The predicted octanol–water partition coefficient (Wildman–Crippen LogP) is 5.04. The molecule has 0 atom stereocenters. The number of rotatable bonds is 4. The predicted molar refractivity (Wildman–Crippen MR) is 81.8 cm³/mol. The van der Waals surface area contributed by atoms with Gasteiger partial charge in [0.05, 0.1) is 0 Å². The zero-order valence-electron chi connectivity index (χ0n) is 13.1. The van der Waals surface area contributed by atoms with Crippen molar-refractivity contribution >= 4 is 10.8 Å². The highest BCUT2D eigenvalue weighted by molar-refractivity contribution is 5.82. The molecule has 0 aliphatic carbocycles. The Morgan fingerprint density at radius 2 is 1.58 bits per heavy atom. The highest BCUT2D eigenvalue weighted by Crippen LogP contribution is 2.36. The molecule has 2 heterocycles. The van der Waals surface area contributed by atoms with Crippen LogP contribution in [0.25, 0.3) is 10.8 Å². The molecular weight excluding hydrogens is 362 g/mol. The van der Waals surface area contributed by atoms with Gasteiger partial charge >= 0.3 is 12.4 Å². The summed E-state index contributed by atoms with van der Waals surface area (Å²) in [7, 11) is 0. The van der Waals surface area contributed by atoms with Gasteiger partial charge in [0.2, 0.25) is 5.88 Å². The van der Waals surface area contributed by atoms with Crippen LogP contribution in [-0.4, -0.2) is 22.3 Å². The maximum absolute atomic E-state index is 13.1. The van der Waals surface area contributed by atoms with Crippen LogP contribution >= 0.6 is 0 Å². The summed E-state index contributed by atoms with van der Waals surface area (Å²) in [6.07, 6.45) is -5.04. The van der Waals surface area contributed by atoms with Crippen molar-refractivity contribution in [3.8, 4) is 5.88 Å². The molecule has 0 saturated carbocycles. The molecule has 1 aromatic carbocycles. The molecule has 3 nitrogen and oxygen atoms in total. The van der Waals surface area contributed by atoms with Crippen LogP contribution in [0.15, 0.2) is 48.9 Å². The normalized spacial score (nSPS) is 12.5. The van der Waals surface area contributed by atoms with Crippen LogP contribution in [0, 0.1) is 0 Å². The van der Waals surface area contributed by atoms with E-state index in [4.69, 9.17) is 0 Å². The summed E-state index contributed by atoms with van der Waals surface area (Å²) in [5.41, 5.74) is -1.15. The molecule has 0 bridgehead atoms. The molecule has 0 aliphatic rings. The quantitative estimate of drug-likeness (QED) is 0.598. The van der Waals surface area contributed by atoms with Crippen LogP contribution in [-0.2, 0) is 12.7 Å². The standard InChI is InChI=1S/C17H12F6N2O/c18-16(19,20)10-26-15-14(17(21,22)23)5-11(6-24-15)7-25-8-12-3-1-2-4-13(12)9-25/h1-6,8-9H,7,10H2. The van der Waals surface area contributed by atoms with E-state index in [2.05, 4.69) is 9.72 Å². The third kappa shape index (κ3) is 4.27. The van der Waals surface area contributed by atoms with Gasteiger partial charge < -0.3 is 9.30 Å². The lowest BCUT2D eigenvalue weighted by Gasteiger charge is -2.15. The summed E-state index contributed by atoms with van der Waals surface area (Å²) in [6.45, 7) is -1.75. The highest BCUT2D eigenvalue weighted by Gasteiger charge is 2.37. The van der Waals surface area contributed by atoms with Crippen LogP contribution in [0.5, 0.6) is 5.88 Å². The van der Waals surface area contributed by atoms with E-state index in [0.29, 0.717) is 0 Å². The van der Waals surface area contributed by atoms with Gasteiger partial charge in [0.25, 0.3) is 0 Å². The monoisotopic (exact) mass is 374 g/mol. The van der Waals surface area contributed by atoms with E-state index in [0.717, 1.165) is 23.0 Å². The lowest BCUT2D eigenvalue weighted by atomic mass is 10.2. The Bertz CT molecular complexity index is 880. The molecular formula is C17H12F6N2O. The molecule has 0 fully saturated rings. The van der Waals surface area contributed by atoms with Gasteiger partial charge in [-0.3, -0.25) is 0 Å². The third-order valence-corrected chi connectivity index (χ3v) is 3.56. The molecule has 0 N–H and O–H groups in total. The highest BCUT2D eigenvalue weighted by atomic mass is 19.4.